The second-order valence-electron chi connectivity index (χ2n) is 24.6. The van der Waals surface area contributed by atoms with Crippen LogP contribution in [0.3, 0.4) is 0 Å². The van der Waals surface area contributed by atoms with Crippen LogP contribution in [0.1, 0.15) is 148 Å². The second kappa shape index (κ2) is 15.4. The Morgan fingerprint density at radius 2 is 1.16 bits per heavy atom. The molecule has 5 nitrogen and oxygen atoms in total. The average Bonchev–Trinajstić information content (AvgIpc) is 3.92. The van der Waals surface area contributed by atoms with Crippen molar-refractivity contribution in [2.24, 2.45) is 0 Å². The summed E-state index contributed by atoms with van der Waals surface area (Å²) in [4.78, 5) is 4.77. The van der Waals surface area contributed by atoms with Crippen molar-refractivity contribution in [3.05, 3.63) is 178 Å². The number of ether oxygens (including phenoxy) is 1. The summed E-state index contributed by atoms with van der Waals surface area (Å²) >= 11 is 0. The van der Waals surface area contributed by atoms with Crippen LogP contribution in [0.2, 0.25) is 0 Å². The fraction of sp³-hybridized carbons (Fsp3) is 0.333. The largest absolute Gasteiger partial charge is 0.510 e. The summed E-state index contributed by atoms with van der Waals surface area (Å²) in [6.45, 7) is 35.3. The number of fused-ring (bicyclic) bond motifs is 12. The first-order valence-corrected chi connectivity index (χ1v) is 24.4. The van der Waals surface area contributed by atoms with Gasteiger partial charge in [-0.3, -0.25) is 0 Å². The van der Waals surface area contributed by atoms with E-state index >= 15 is 0 Å². The molecule has 0 fully saturated rings. The fourth-order valence-electron chi connectivity index (χ4n) is 11.3. The predicted molar refractivity (Wildman–Crippen MR) is 279 cm³/mol. The van der Waals surface area contributed by atoms with Crippen molar-refractivity contribution in [3.8, 4) is 34.1 Å². The monoisotopic (exact) mass is 1090 g/mol. The minimum Gasteiger partial charge on any atom is -0.510 e. The van der Waals surface area contributed by atoms with E-state index in [0.717, 1.165) is 44.3 Å². The molecular formula is C63H64N4OPt-2. The number of hydrogen-bond acceptors (Lipinski definition) is 2. The third-order valence-corrected chi connectivity index (χ3v) is 14.6. The Bertz CT molecular complexity index is 3470. The molecule has 6 aromatic carbocycles. The van der Waals surface area contributed by atoms with Crippen molar-refractivity contribution >= 4 is 32.8 Å². The normalized spacial score (nSPS) is 14.3. The van der Waals surface area contributed by atoms with Gasteiger partial charge in [-0.15, -0.1) is 35.2 Å². The van der Waals surface area contributed by atoms with E-state index in [2.05, 4.69) is 221 Å². The molecule has 11 rings (SSSR count). The van der Waals surface area contributed by atoms with Gasteiger partial charge in [-0.2, -0.15) is 12.1 Å². The summed E-state index contributed by atoms with van der Waals surface area (Å²) in [6.07, 6.45) is 5.75. The molecule has 9 aromatic rings. The first kappa shape index (κ1) is 46.9. The molecule has 354 valence electrons. The Balaban J connectivity index is 0.00000553. The molecule has 0 amide bonds. The molecule has 1 aliphatic heterocycles. The summed E-state index contributed by atoms with van der Waals surface area (Å²) in [5.41, 5.74) is 17.0. The molecule has 0 saturated heterocycles. The van der Waals surface area contributed by atoms with Crippen LogP contribution in [-0.4, -0.2) is 14.1 Å². The molecule has 3 aromatic heterocycles. The molecule has 0 unspecified atom stereocenters. The summed E-state index contributed by atoms with van der Waals surface area (Å²) in [5, 5.41) is 2.24. The van der Waals surface area contributed by atoms with E-state index < -0.39 is 5.41 Å². The van der Waals surface area contributed by atoms with Crippen molar-refractivity contribution in [1.82, 2.24) is 14.1 Å². The van der Waals surface area contributed by atoms with Crippen LogP contribution in [0.15, 0.2) is 115 Å². The van der Waals surface area contributed by atoms with Crippen molar-refractivity contribution in [2.45, 2.75) is 136 Å². The topological polar surface area (TPSA) is 35.9 Å². The molecule has 0 N–H and O–H groups in total. The SMILES string of the molecule is CC(C)(C)c1cc2c(c(C(C)(C)C)c1)C1(c3ccc(Oc4[c-]c5c(cc4)c4ccccc4n5-c4ccccn4)[c-]c3-n3[c-][n+](C(C)(C)C)c4cccc1c43)c1c-2cc(C(C)(C)C)cc1C(C)(C)C.[Pt]. The van der Waals surface area contributed by atoms with Gasteiger partial charge in [-0.25, -0.2) is 4.98 Å². The molecule has 0 saturated carbocycles. The molecule has 69 heavy (non-hydrogen) atoms. The van der Waals surface area contributed by atoms with Gasteiger partial charge in [0.25, 0.3) is 0 Å². The Hall–Kier alpha value is -5.77. The molecule has 2 aliphatic rings. The van der Waals surface area contributed by atoms with Crippen molar-refractivity contribution in [3.63, 3.8) is 0 Å². The maximum atomic E-state index is 6.97. The van der Waals surface area contributed by atoms with Crippen molar-refractivity contribution < 1.29 is 30.4 Å². The van der Waals surface area contributed by atoms with Crippen molar-refractivity contribution in [1.29, 1.82) is 0 Å². The van der Waals surface area contributed by atoms with Gasteiger partial charge in [0.15, 0.2) is 0 Å². The number of imidazole rings is 1. The second-order valence-corrected chi connectivity index (χ2v) is 24.6. The van der Waals surface area contributed by atoms with E-state index in [1.54, 1.807) is 0 Å². The maximum Gasteiger partial charge on any atom is 0.243 e. The number of nitrogens with zero attached hydrogens (tertiary/aromatic N) is 4. The van der Waals surface area contributed by atoms with Crippen LogP contribution in [-0.2, 0) is 53.7 Å². The van der Waals surface area contributed by atoms with E-state index in [0.29, 0.717) is 11.5 Å². The zero-order chi connectivity index (χ0) is 48.2. The van der Waals surface area contributed by atoms with Gasteiger partial charge in [0.05, 0.1) is 16.6 Å². The summed E-state index contributed by atoms with van der Waals surface area (Å²) < 4.78 is 13.8. The zero-order valence-electron chi connectivity index (χ0n) is 43.0. The van der Waals surface area contributed by atoms with Crippen molar-refractivity contribution in [2.75, 3.05) is 0 Å². The Morgan fingerprint density at radius 1 is 0.565 bits per heavy atom. The van der Waals surface area contributed by atoms with Crippen LogP contribution in [0.4, 0.5) is 0 Å². The Kier molecular flexibility index (Phi) is 10.4. The minimum atomic E-state index is -0.709. The van der Waals surface area contributed by atoms with Crippen LogP contribution in [0.25, 0.3) is 55.5 Å². The molecular weight excluding hydrogens is 1020 g/mol. The average molecular weight is 1090 g/mol. The zero-order valence-corrected chi connectivity index (χ0v) is 45.3. The molecule has 0 bridgehead atoms. The van der Waals surface area contributed by atoms with Gasteiger partial charge in [-0.05, 0) is 116 Å². The maximum absolute atomic E-state index is 6.97. The van der Waals surface area contributed by atoms with Gasteiger partial charge in [0, 0.05) is 49.7 Å². The van der Waals surface area contributed by atoms with Gasteiger partial charge >= 0.3 is 0 Å². The molecule has 1 aliphatic carbocycles. The number of para-hydroxylation sites is 2. The number of benzene rings is 6. The van der Waals surface area contributed by atoms with E-state index in [-0.39, 0.29) is 48.3 Å². The first-order chi connectivity index (χ1) is 31.9. The summed E-state index contributed by atoms with van der Waals surface area (Å²) in [7, 11) is 0. The van der Waals surface area contributed by atoms with Crippen LogP contribution in [0.5, 0.6) is 11.5 Å². The smallest absolute Gasteiger partial charge is 0.243 e. The quantitative estimate of drug-likeness (QED) is 0.131. The number of aromatic nitrogens is 4. The van der Waals surface area contributed by atoms with E-state index in [1.807, 2.05) is 30.5 Å². The van der Waals surface area contributed by atoms with Gasteiger partial charge < -0.3 is 18.4 Å². The van der Waals surface area contributed by atoms with Gasteiger partial charge in [0.1, 0.15) is 5.82 Å². The minimum absolute atomic E-state index is 0. The first-order valence-electron chi connectivity index (χ1n) is 24.4. The van der Waals surface area contributed by atoms with Crippen LogP contribution in [0, 0.1) is 18.5 Å². The van der Waals surface area contributed by atoms with Crippen LogP contribution < -0.4 is 9.30 Å². The van der Waals surface area contributed by atoms with E-state index in [1.165, 1.54) is 55.6 Å². The van der Waals surface area contributed by atoms with E-state index in [9.17, 15) is 0 Å². The molecule has 4 heterocycles. The molecule has 6 heteroatoms. The third kappa shape index (κ3) is 7.03. The summed E-state index contributed by atoms with van der Waals surface area (Å²) in [6, 6.07) is 47.9. The van der Waals surface area contributed by atoms with Crippen LogP contribution >= 0.6 is 0 Å². The molecule has 0 atom stereocenters. The third-order valence-electron chi connectivity index (χ3n) is 14.6. The Labute approximate surface area is 423 Å². The predicted octanol–water partition coefficient (Wildman–Crippen LogP) is 15.2. The standard InChI is InChI=1S/C63H64N4O.Pt/c1-58(2,3)38-31-44-45-32-39(59(4,5)6)34-49(61(10,11)12)56(45)63(55(44)48(33-38)60(7,8)9)46-29-27-41(36-53(46)65-37-66(62(13,14)15)51-24-20-22-47(63)57(51)65)68-40-26-28-43-42-21-16-17-23-50(42)67(52(43)35-40)54-25-18-19-30-64-54;/h16-34H,1-15H3;/q-2;. The number of hydrogen-bond donors (Lipinski definition) is 0. The fourth-order valence-corrected chi connectivity index (χ4v) is 11.3. The summed E-state index contributed by atoms with van der Waals surface area (Å²) in [5.74, 6) is 2.06. The van der Waals surface area contributed by atoms with E-state index in [4.69, 9.17) is 9.72 Å². The number of pyridine rings is 1. The van der Waals surface area contributed by atoms with Gasteiger partial charge in [-0.1, -0.05) is 161 Å². The molecule has 0 radical (unpaired) electrons. The number of rotatable bonds is 3. The Morgan fingerprint density at radius 3 is 1.74 bits per heavy atom. The van der Waals surface area contributed by atoms with Gasteiger partial charge in [0.2, 0.25) is 6.33 Å². The molecule has 1 spiro atoms.